The molecule has 3 aromatic rings. The molecule has 8 bridgehead atoms. The molecule has 221 valence electrons. The molecule has 0 amide bonds. The van der Waals surface area contributed by atoms with Crippen molar-refractivity contribution in [3.63, 3.8) is 0 Å². The van der Waals surface area contributed by atoms with Gasteiger partial charge in [-0.2, -0.15) is 0 Å². The molecule has 5 rings (SSSR count). The fourth-order valence-corrected chi connectivity index (χ4v) is 7.12. The van der Waals surface area contributed by atoms with Gasteiger partial charge in [-0.25, -0.2) is 9.97 Å². The Hall–Kier alpha value is -2.88. The summed E-state index contributed by atoms with van der Waals surface area (Å²) in [4.78, 5) is 18.4. The molecule has 0 aromatic carbocycles. The van der Waals surface area contributed by atoms with Crippen LogP contribution in [0, 0.1) is 0 Å². The van der Waals surface area contributed by atoms with Crippen LogP contribution < -0.4 is 0 Å². The Balaban J connectivity index is 0.00000387. The largest absolute Gasteiger partial charge is 0.355 e. The monoisotopic (exact) mass is 597 g/mol. The van der Waals surface area contributed by atoms with Crippen molar-refractivity contribution in [2.45, 2.75) is 107 Å². The number of hydrogen-bond donors (Lipinski definition) is 2. The van der Waals surface area contributed by atoms with Gasteiger partial charge >= 0.3 is 0 Å². The van der Waals surface area contributed by atoms with Gasteiger partial charge in [0.2, 0.25) is 0 Å². The zero-order chi connectivity index (χ0) is 28.6. The number of allylic oxidation sites excluding steroid dienone is 2. The van der Waals surface area contributed by atoms with Crippen molar-refractivity contribution < 1.29 is 17.1 Å². The average Bonchev–Trinajstić information content (AvgIpc) is 3.73. The molecular weight excluding hydrogens is 552 g/mol. The molecule has 3 aromatic heterocycles. The SMILES string of the molecule is CCC1=C(CC)c2nc1c(CC)c1[nH]c(cc3nc(cc4[nH]c(c2CC)c(CC)c4CC)C=C3)c(CC)c1CC.[Cu]. The van der Waals surface area contributed by atoms with Gasteiger partial charge in [0.15, 0.2) is 0 Å². The maximum atomic E-state index is 5.58. The van der Waals surface area contributed by atoms with E-state index in [2.05, 4.69) is 89.6 Å². The number of aryl methyl sites for hydroxylation is 6. The fourth-order valence-electron chi connectivity index (χ4n) is 7.12. The molecule has 4 nitrogen and oxygen atoms in total. The van der Waals surface area contributed by atoms with E-state index in [9.17, 15) is 0 Å². The number of rotatable bonds is 8. The molecule has 2 N–H and O–H groups in total. The first-order valence-corrected chi connectivity index (χ1v) is 15.7. The number of nitrogens with zero attached hydrogens (tertiary/aromatic N) is 2. The predicted octanol–water partition coefficient (Wildman–Crippen LogP) is 9.59. The first-order valence-electron chi connectivity index (χ1n) is 15.7. The van der Waals surface area contributed by atoms with E-state index in [-0.39, 0.29) is 17.1 Å². The van der Waals surface area contributed by atoms with Gasteiger partial charge in [0.1, 0.15) is 0 Å². The van der Waals surface area contributed by atoms with E-state index in [4.69, 9.17) is 9.97 Å². The maximum absolute atomic E-state index is 5.58. The Labute approximate surface area is 256 Å². The van der Waals surface area contributed by atoms with E-state index in [1.165, 1.54) is 78.0 Å². The molecule has 2 aliphatic rings. The molecule has 0 saturated heterocycles. The fraction of sp³-hybridized carbons (Fsp3) is 0.444. The van der Waals surface area contributed by atoms with Crippen molar-refractivity contribution in [2.24, 2.45) is 0 Å². The number of hydrogen-bond acceptors (Lipinski definition) is 2. The topological polar surface area (TPSA) is 57.4 Å². The summed E-state index contributed by atoms with van der Waals surface area (Å²) in [7, 11) is 0. The maximum Gasteiger partial charge on any atom is 0.0725 e. The van der Waals surface area contributed by atoms with Crippen molar-refractivity contribution in [1.82, 2.24) is 19.9 Å². The van der Waals surface area contributed by atoms with E-state index >= 15 is 0 Å². The molecule has 0 saturated carbocycles. The van der Waals surface area contributed by atoms with Gasteiger partial charge in [-0.1, -0.05) is 55.4 Å². The minimum Gasteiger partial charge on any atom is -0.355 e. The van der Waals surface area contributed by atoms with Gasteiger partial charge in [-0.3, -0.25) is 0 Å². The molecule has 5 heterocycles. The van der Waals surface area contributed by atoms with Crippen LogP contribution in [0.1, 0.15) is 124 Å². The normalized spacial score (nSPS) is 12.8. The van der Waals surface area contributed by atoms with E-state index in [1.807, 2.05) is 0 Å². The van der Waals surface area contributed by atoms with Crippen LogP contribution >= 0.6 is 0 Å². The van der Waals surface area contributed by atoms with E-state index < -0.39 is 0 Å². The van der Waals surface area contributed by atoms with Crippen LogP contribution in [0.4, 0.5) is 0 Å². The van der Waals surface area contributed by atoms with Crippen LogP contribution in [-0.2, 0) is 55.6 Å². The molecule has 41 heavy (non-hydrogen) atoms. The second-order valence-electron chi connectivity index (χ2n) is 10.9. The molecule has 2 aliphatic heterocycles. The van der Waals surface area contributed by atoms with Gasteiger partial charge in [-0.15, -0.1) is 0 Å². The summed E-state index contributed by atoms with van der Waals surface area (Å²) >= 11 is 0. The zero-order valence-electron chi connectivity index (χ0n) is 26.2. The quantitative estimate of drug-likeness (QED) is 0.199. The predicted molar refractivity (Wildman–Crippen MR) is 174 cm³/mol. The van der Waals surface area contributed by atoms with Crippen molar-refractivity contribution in [3.8, 4) is 0 Å². The number of aromatic amines is 2. The van der Waals surface area contributed by atoms with Crippen LogP contribution in [0.2, 0.25) is 0 Å². The molecular formula is C36H46CuN4. The summed E-state index contributed by atoms with van der Waals surface area (Å²) in [6.07, 6.45) is 12.1. The van der Waals surface area contributed by atoms with Crippen molar-refractivity contribution in [2.75, 3.05) is 0 Å². The van der Waals surface area contributed by atoms with Crippen LogP contribution in [0.3, 0.4) is 0 Å². The Bertz CT molecular complexity index is 1560. The molecule has 0 fully saturated rings. The summed E-state index contributed by atoms with van der Waals surface area (Å²) in [6.45, 7) is 18.3. The van der Waals surface area contributed by atoms with Gasteiger partial charge in [0, 0.05) is 50.3 Å². The first kappa shape index (κ1) is 31.1. The molecule has 1 radical (unpaired) electrons. The second kappa shape index (κ2) is 13.0. The third kappa shape index (κ3) is 5.17. The number of aromatic nitrogens is 4. The molecule has 0 unspecified atom stereocenters. The number of nitrogens with one attached hydrogen (secondary N) is 2. The summed E-state index contributed by atoms with van der Waals surface area (Å²) in [6, 6.07) is 4.47. The summed E-state index contributed by atoms with van der Waals surface area (Å²) in [5.74, 6) is 0. The number of H-pyrrole nitrogens is 2. The van der Waals surface area contributed by atoms with Crippen LogP contribution in [0.5, 0.6) is 0 Å². The Kier molecular flexibility index (Phi) is 9.82. The smallest absolute Gasteiger partial charge is 0.0725 e. The van der Waals surface area contributed by atoms with Gasteiger partial charge in [0.05, 0.1) is 22.8 Å². The summed E-state index contributed by atoms with van der Waals surface area (Å²) < 4.78 is 0. The second-order valence-corrected chi connectivity index (χ2v) is 10.9. The standard InChI is InChI=1S/C36H46N4.Cu/c1-9-23-25(11-3)33-29(15-7)35-27(13-5)28(14-6)36(40-35)30(16-8)34-26(12-4)24(10-2)32(39-34)20-22-18-17-21(37-22)19-31(23)38-33;/h17-20,38-39H,9-16H2,1-8H3;. The minimum absolute atomic E-state index is 0. The number of fused-ring (bicyclic) bond motifs is 8. The Morgan fingerprint density at radius 2 is 0.829 bits per heavy atom. The third-order valence-corrected chi connectivity index (χ3v) is 8.93. The van der Waals surface area contributed by atoms with Gasteiger partial charge in [0.25, 0.3) is 0 Å². The molecule has 0 aliphatic carbocycles. The van der Waals surface area contributed by atoms with Crippen LogP contribution in [0.25, 0.3) is 45.4 Å². The summed E-state index contributed by atoms with van der Waals surface area (Å²) in [5.41, 5.74) is 20.4. The zero-order valence-corrected chi connectivity index (χ0v) is 27.1. The van der Waals surface area contributed by atoms with E-state index in [0.717, 1.165) is 62.8 Å². The Morgan fingerprint density at radius 1 is 0.463 bits per heavy atom. The molecule has 5 heteroatoms. The van der Waals surface area contributed by atoms with Crippen LogP contribution in [0.15, 0.2) is 12.1 Å². The van der Waals surface area contributed by atoms with E-state index in [1.54, 1.807) is 0 Å². The minimum atomic E-state index is 0. The first-order chi connectivity index (χ1) is 19.5. The molecule has 0 spiro atoms. The average molecular weight is 598 g/mol. The third-order valence-electron chi connectivity index (χ3n) is 8.93. The summed E-state index contributed by atoms with van der Waals surface area (Å²) in [5, 5.41) is 0. The Morgan fingerprint density at radius 3 is 1.15 bits per heavy atom. The van der Waals surface area contributed by atoms with Gasteiger partial charge in [-0.05, 0) is 109 Å². The van der Waals surface area contributed by atoms with Crippen molar-refractivity contribution >= 4 is 45.4 Å². The van der Waals surface area contributed by atoms with E-state index in [0.29, 0.717) is 0 Å². The van der Waals surface area contributed by atoms with Crippen molar-refractivity contribution in [3.05, 3.63) is 68.3 Å². The molecule has 0 atom stereocenters. The van der Waals surface area contributed by atoms with Gasteiger partial charge < -0.3 is 9.97 Å². The van der Waals surface area contributed by atoms with Crippen LogP contribution in [-0.4, -0.2) is 19.9 Å². The van der Waals surface area contributed by atoms with Crippen molar-refractivity contribution in [1.29, 1.82) is 0 Å².